The molecule has 0 radical (unpaired) electrons. The predicted molar refractivity (Wildman–Crippen MR) is 246 cm³/mol. The van der Waals surface area contributed by atoms with Gasteiger partial charge in [-0.05, 0) is 92.1 Å². The fourth-order valence-electron chi connectivity index (χ4n) is 9.82. The van der Waals surface area contributed by atoms with Crippen LogP contribution in [0, 0.1) is 0 Å². The summed E-state index contributed by atoms with van der Waals surface area (Å²) in [5.41, 5.74) is 4.79. The molecule has 2 aromatic rings. The van der Waals surface area contributed by atoms with E-state index in [0.717, 1.165) is 29.0 Å². The Labute approximate surface area is 382 Å². The molecule has 1 saturated heterocycles. The average molecular weight is 984 g/mol. The van der Waals surface area contributed by atoms with E-state index in [0.29, 0.717) is 74.5 Å². The molecular formula is C43H59N4O14S4+. The van der Waals surface area contributed by atoms with Crippen LogP contribution in [-0.2, 0) is 56.1 Å². The maximum atomic E-state index is 12.2. The van der Waals surface area contributed by atoms with Crippen LogP contribution in [0.4, 0.5) is 11.4 Å². The van der Waals surface area contributed by atoms with E-state index >= 15 is 0 Å². The number of aliphatic carboxylic acids is 1. The Morgan fingerprint density at radius 1 is 0.738 bits per heavy atom. The van der Waals surface area contributed by atoms with E-state index in [9.17, 15) is 61.8 Å². The molecule has 2 fully saturated rings. The van der Waals surface area contributed by atoms with Gasteiger partial charge in [0.05, 0.1) is 40.8 Å². The quantitative estimate of drug-likeness (QED) is 0.114. The normalized spacial score (nSPS) is 22.3. The molecule has 5 N–H and O–H groups in total. The molecule has 2 aromatic carbocycles. The lowest BCUT2D eigenvalue weighted by atomic mass is 9.78. The Morgan fingerprint density at radius 2 is 1.29 bits per heavy atom. The summed E-state index contributed by atoms with van der Waals surface area (Å²) in [6.45, 7) is 11.0. The van der Waals surface area contributed by atoms with E-state index in [-0.39, 0.29) is 48.2 Å². The molecule has 3 aliphatic heterocycles. The molecular weight excluding hydrogens is 925 g/mol. The average Bonchev–Trinajstić information content (AvgIpc) is 3.54. The summed E-state index contributed by atoms with van der Waals surface area (Å²) >= 11 is 0. The SMILES string of the molecule is CC1(C)/C(=C/C=C2\CCC/C(=C\CC3N(CCCS(=O)(=O)O)c4ccc(S(=O)(=O)O)cc4C3(C)C)C2=[N+]2CCN(CCC(=O)O)CC2)N(CCCS(=O)(=O)O)c2ccc(S(=O)(=O)O)cc21. The fraction of sp³-hybridized carbons (Fsp3) is 0.535. The summed E-state index contributed by atoms with van der Waals surface area (Å²) in [6, 6.07) is 8.32. The number of carboxylic acids is 1. The Kier molecular flexibility index (Phi) is 14.7. The van der Waals surface area contributed by atoms with Crippen LogP contribution in [-0.4, -0.2) is 142 Å². The van der Waals surface area contributed by atoms with Gasteiger partial charge in [-0.1, -0.05) is 39.8 Å². The van der Waals surface area contributed by atoms with E-state index in [1.165, 1.54) is 24.3 Å². The minimum atomic E-state index is -4.55. The summed E-state index contributed by atoms with van der Waals surface area (Å²) in [5.74, 6) is -1.85. The third-order valence-electron chi connectivity index (χ3n) is 13.1. The molecule has 3 heterocycles. The van der Waals surface area contributed by atoms with Crippen molar-refractivity contribution in [3.8, 4) is 0 Å². The second-order valence-electron chi connectivity index (χ2n) is 18.2. The third-order valence-corrected chi connectivity index (χ3v) is 16.4. The van der Waals surface area contributed by atoms with E-state index in [1.807, 2.05) is 49.6 Å². The highest BCUT2D eigenvalue weighted by Crippen LogP contribution is 2.50. The van der Waals surface area contributed by atoms with Crippen molar-refractivity contribution in [2.45, 2.75) is 99.3 Å². The van der Waals surface area contributed by atoms with Crippen molar-refractivity contribution in [3.63, 3.8) is 0 Å². The lowest BCUT2D eigenvalue weighted by Crippen LogP contribution is -2.45. The molecule has 1 saturated carbocycles. The highest BCUT2D eigenvalue weighted by atomic mass is 32.2. The Bertz CT molecular complexity index is 2790. The number of hydrogen-bond acceptors (Lipinski definition) is 12. The molecule has 0 amide bonds. The van der Waals surface area contributed by atoms with Gasteiger partial charge >= 0.3 is 5.97 Å². The van der Waals surface area contributed by atoms with E-state index in [2.05, 4.69) is 15.6 Å². The van der Waals surface area contributed by atoms with Gasteiger partial charge in [-0.3, -0.25) is 27.9 Å². The number of fused-ring (bicyclic) bond motifs is 2. The molecule has 6 rings (SSSR count). The van der Waals surface area contributed by atoms with Crippen LogP contribution in [0.5, 0.6) is 0 Å². The standard InChI is InChI=1S/C43H58N4O14S4/c1-42(2)34-28-32(64(56,57)58)12-14-36(34)46(19-6-26-62(50,51)52)38(42)16-10-30-8-5-9-31(41(30)45-24-22-44(23-25-45)21-18-40(48)49)11-17-39-43(3,4)35-29-33(65(59,60)61)13-15-37(35)47(39)20-7-27-63(53,54)55/h10-16,28-29,39H,5-9,17-27H2,1-4H3,(H4-,48,49,50,51,52,53,54,55,56,57,58,59,60,61)/p+1/b31-11+. The van der Waals surface area contributed by atoms with Crippen molar-refractivity contribution in [2.24, 2.45) is 0 Å². The molecule has 358 valence electrons. The minimum absolute atomic E-state index is 0.0110. The maximum absolute atomic E-state index is 12.2. The van der Waals surface area contributed by atoms with E-state index < -0.39 is 68.8 Å². The molecule has 65 heavy (non-hydrogen) atoms. The van der Waals surface area contributed by atoms with Crippen LogP contribution in [0.3, 0.4) is 0 Å². The van der Waals surface area contributed by atoms with Crippen molar-refractivity contribution in [2.75, 3.05) is 67.1 Å². The van der Waals surface area contributed by atoms with Gasteiger partial charge < -0.3 is 14.9 Å². The van der Waals surface area contributed by atoms with E-state index in [4.69, 9.17) is 0 Å². The first-order valence-electron chi connectivity index (χ1n) is 21.4. The van der Waals surface area contributed by atoms with Crippen LogP contribution >= 0.6 is 0 Å². The minimum Gasteiger partial charge on any atom is -0.481 e. The molecule has 22 heteroatoms. The van der Waals surface area contributed by atoms with Crippen molar-refractivity contribution < 1.29 is 66.4 Å². The van der Waals surface area contributed by atoms with Gasteiger partial charge in [0.25, 0.3) is 40.5 Å². The predicted octanol–water partition coefficient (Wildman–Crippen LogP) is 4.55. The Balaban J connectivity index is 1.43. The van der Waals surface area contributed by atoms with Crippen LogP contribution in [0.15, 0.2) is 81.3 Å². The highest BCUT2D eigenvalue weighted by Gasteiger charge is 2.45. The number of carboxylic acid groups (broad SMARTS) is 1. The van der Waals surface area contributed by atoms with Gasteiger partial charge in [-0.25, -0.2) is 4.58 Å². The van der Waals surface area contributed by atoms with Crippen LogP contribution in [0.2, 0.25) is 0 Å². The maximum Gasteiger partial charge on any atom is 0.304 e. The van der Waals surface area contributed by atoms with Gasteiger partial charge in [-0.15, -0.1) is 0 Å². The summed E-state index contributed by atoms with van der Waals surface area (Å²) in [7, 11) is -17.6. The molecule has 0 aromatic heterocycles. The van der Waals surface area contributed by atoms with E-state index in [1.54, 1.807) is 12.1 Å². The number of nitrogens with zero attached hydrogens (tertiary/aromatic N) is 4. The molecule has 0 spiro atoms. The molecule has 1 unspecified atom stereocenters. The van der Waals surface area contributed by atoms with Crippen molar-refractivity contribution in [1.82, 2.24) is 4.90 Å². The monoisotopic (exact) mass is 983 g/mol. The number of allylic oxidation sites excluding steroid dienone is 5. The zero-order valence-corrected chi connectivity index (χ0v) is 40.2. The number of carbonyl (C=O) groups is 1. The van der Waals surface area contributed by atoms with Crippen molar-refractivity contribution in [3.05, 3.63) is 82.6 Å². The van der Waals surface area contributed by atoms with Gasteiger partial charge in [0.2, 0.25) is 5.71 Å². The summed E-state index contributed by atoms with van der Waals surface area (Å²) in [6.07, 6.45) is 8.90. The van der Waals surface area contributed by atoms with Gasteiger partial charge in [-0.2, -0.15) is 33.7 Å². The van der Waals surface area contributed by atoms with Crippen molar-refractivity contribution in [1.29, 1.82) is 0 Å². The summed E-state index contributed by atoms with van der Waals surface area (Å²) in [4.78, 5) is 16.9. The number of hydrogen-bond donors (Lipinski definition) is 5. The van der Waals surface area contributed by atoms with Crippen LogP contribution < -0.4 is 9.80 Å². The first kappa shape index (κ1) is 50.4. The largest absolute Gasteiger partial charge is 0.481 e. The second kappa shape index (κ2) is 18.9. The first-order valence-corrected chi connectivity index (χ1v) is 27.5. The summed E-state index contributed by atoms with van der Waals surface area (Å²) < 4.78 is 137. The Morgan fingerprint density at radius 3 is 1.86 bits per heavy atom. The van der Waals surface area contributed by atoms with Crippen LogP contribution in [0.25, 0.3) is 0 Å². The highest BCUT2D eigenvalue weighted by molar-refractivity contribution is 7.86. The molecule has 1 atom stereocenters. The zero-order valence-electron chi connectivity index (χ0n) is 36.9. The van der Waals surface area contributed by atoms with Gasteiger partial charge in [0.15, 0.2) is 13.1 Å². The molecule has 1 aliphatic carbocycles. The number of piperazine rings is 1. The molecule has 18 nitrogen and oxygen atoms in total. The Hall–Kier alpha value is -4.00. The fourth-order valence-corrected chi connectivity index (χ4v) is 11.8. The topological polar surface area (TPSA) is 268 Å². The lowest BCUT2D eigenvalue weighted by Gasteiger charge is -2.34. The number of rotatable bonds is 16. The van der Waals surface area contributed by atoms with Gasteiger partial charge in [0, 0.05) is 64.7 Å². The third kappa shape index (κ3) is 11.8. The zero-order chi connectivity index (χ0) is 47.9. The first-order chi connectivity index (χ1) is 30.1. The number of anilines is 2. The smallest absolute Gasteiger partial charge is 0.304 e. The van der Waals surface area contributed by atoms with Crippen molar-refractivity contribution >= 4 is 63.5 Å². The lowest BCUT2D eigenvalue weighted by molar-refractivity contribution is -0.539. The molecule has 4 aliphatic rings. The molecule has 0 bridgehead atoms. The second-order valence-corrected chi connectivity index (χ2v) is 24.2. The number of benzene rings is 2. The van der Waals surface area contributed by atoms with Crippen LogP contribution in [0.1, 0.15) is 83.8 Å². The summed E-state index contributed by atoms with van der Waals surface area (Å²) in [5, 5.41) is 9.34. The van der Waals surface area contributed by atoms with Gasteiger partial charge in [0.1, 0.15) is 0 Å².